The van der Waals surface area contributed by atoms with Crippen molar-refractivity contribution in [2.75, 3.05) is 0 Å². The largest absolute Gasteiger partial charge is 0.345 e. The molecule has 0 spiro atoms. The fourth-order valence-corrected chi connectivity index (χ4v) is 3.44. The molecule has 0 bridgehead atoms. The summed E-state index contributed by atoms with van der Waals surface area (Å²) in [6, 6.07) is 17.4. The minimum atomic E-state index is -0.430. The van der Waals surface area contributed by atoms with Gasteiger partial charge in [-0.15, -0.1) is 0 Å². The summed E-state index contributed by atoms with van der Waals surface area (Å²) in [7, 11) is 0. The van der Waals surface area contributed by atoms with E-state index in [4.69, 9.17) is 0 Å². The lowest BCUT2D eigenvalue weighted by atomic mass is 9.87. The van der Waals surface area contributed by atoms with Crippen molar-refractivity contribution in [3.05, 3.63) is 87.8 Å². The molecule has 1 amide bonds. The summed E-state index contributed by atoms with van der Waals surface area (Å²) in [5.41, 5.74) is 2.80. The second-order valence-electron chi connectivity index (χ2n) is 6.46. The molecule has 0 radical (unpaired) electrons. The monoisotopic (exact) mass is 345 g/mol. The lowest BCUT2D eigenvalue weighted by molar-refractivity contribution is 0.0931. The molecular formula is C21H19N3O2. The summed E-state index contributed by atoms with van der Waals surface area (Å²) in [4.78, 5) is 32.0. The van der Waals surface area contributed by atoms with E-state index in [0.717, 1.165) is 30.4 Å². The van der Waals surface area contributed by atoms with Gasteiger partial charge in [-0.1, -0.05) is 54.6 Å². The second kappa shape index (κ2) is 6.96. The van der Waals surface area contributed by atoms with Crippen LogP contribution in [-0.4, -0.2) is 15.9 Å². The Kier molecular flexibility index (Phi) is 4.35. The first-order valence-corrected chi connectivity index (χ1v) is 8.76. The number of aromatic amines is 1. The molecule has 2 N–H and O–H groups in total. The van der Waals surface area contributed by atoms with Gasteiger partial charge in [-0.25, -0.2) is 4.98 Å². The van der Waals surface area contributed by atoms with Gasteiger partial charge < -0.3 is 10.3 Å². The molecule has 1 aliphatic rings. The van der Waals surface area contributed by atoms with Crippen LogP contribution in [0.4, 0.5) is 0 Å². The Morgan fingerprint density at radius 3 is 2.65 bits per heavy atom. The van der Waals surface area contributed by atoms with Crippen LogP contribution in [0.25, 0.3) is 11.4 Å². The highest BCUT2D eigenvalue weighted by Gasteiger charge is 2.23. The lowest BCUT2D eigenvalue weighted by Gasteiger charge is -2.26. The second-order valence-corrected chi connectivity index (χ2v) is 6.46. The zero-order valence-electron chi connectivity index (χ0n) is 14.2. The van der Waals surface area contributed by atoms with Crippen molar-refractivity contribution in [3.63, 3.8) is 0 Å². The smallest absolute Gasteiger partial charge is 0.264 e. The molecule has 0 aliphatic heterocycles. The number of aryl methyl sites for hydroxylation is 1. The van der Waals surface area contributed by atoms with E-state index in [1.165, 1.54) is 11.8 Å². The van der Waals surface area contributed by atoms with Gasteiger partial charge in [-0.3, -0.25) is 9.59 Å². The number of carbonyl (C=O) groups excluding carboxylic acids is 1. The first-order valence-electron chi connectivity index (χ1n) is 8.76. The summed E-state index contributed by atoms with van der Waals surface area (Å²) in [6.07, 6.45) is 4.27. The van der Waals surface area contributed by atoms with E-state index in [-0.39, 0.29) is 17.5 Å². The molecule has 1 aliphatic carbocycles. The predicted molar refractivity (Wildman–Crippen MR) is 99.9 cm³/mol. The molecule has 130 valence electrons. The Morgan fingerprint density at radius 1 is 1.08 bits per heavy atom. The third-order valence-electron chi connectivity index (χ3n) is 4.77. The van der Waals surface area contributed by atoms with Crippen molar-refractivity contribution in [1.82, 2.24) is 15.3 Å². The zero-order valence-corrected chi connectivity index (χ0v) is 14.2. The van der Waals surface area contributed by atoms with Crippen molar-refractivity contribution in [3.8, 4) is 11.4 Å². The molecule has 5 heteroatoms. The molecule has 3 aromatic rings. The fraction of sp³-hybridized carbons (Fsp3) is 0.190. The number of amides is 1. The van der Waals surface area contributed by atoms with E-state index in [2.05, 4.69) is 21.4 Å². The van der Waals surface area contributed by atoms with Gasteiger partial charge in [0.15, 0.2) is 0 Å². The summed E-state index contributed by atoms with van der Waals surface area (Å²) in [5, 5.41) is 2.99. The number of hydrogen-bond donors (Lipinski definition) is 2. The van der Waals surface area contributed by atoms with E-state index in [1.54, 1.807) is 0 Å². The maximum Gasteiger partial charge on any atom is 0.264 e. The van der Waals surface area contributed by atoms with Crippen LogP contribution < -0.4 is 10.9 Å². The number of hydrogen-bond acceptors (Lipinski definition) is 3. The Bertz CT molecular complexity index is 995. The summed E-state index contributed by atoms with van der Waals surface area (Å²) in [5.74, 6) is 0.0650. The van der Waals surface area contributed by atoms with Gasteiger partial charge in [0.2, 0.25) is 0 Å². The minimum absolute atomic E-state index is 0.0349. The van der Waals surface area contributed by atoms with Gasteiger partial charge in [0.1, 0.15) is 11.4 Å². The Labute approximate surface area is 151 Å². The van der Waals surface area contributed by atoms with Crippen LogP contribution in [0, 0.1) is 0 Å². The predicted octanol–water partition coefficient (Wildman–Crippen LogP) is 3.24. The molecule has 2 aromatic carbocycles. The van der Waals surface area contributed by atoms with Crippen LogP contribution in [-0.2, 0) is 6.42 Å². The first kappa shape index (κ1) is 16.3. The van der Waals surface area contributed by atoms with Crippen molar-refractivity contribution in [2.45, 2.75) is 25.3 Å². The molecule has 0 saturated carbocycles. The van der Waals surface area contributed by atoms with E-state index >= 15 is 0 Å². The number of aromatic nitrogens is 2. The van der Waals surface area contributed by atoms with Crippen molar-refractivity contribution < 1.29 is 4.79 Å². The number of nitrogens with zero attached hydrogens (tertiary/aromatic N) is 1. The number of H-pyrrole nitrogens is 1. The van der Waals surface area contributed by atoms with Crippen LogP contribution >= 0.6 is 0 Å². The van der Waals surface area contributed by atoms with Crippen LogP contribution in [0.5, 0.6) is 0 Å². The molecule has 1 atom stereocenters. The lowest BCUT2D eigenvalue weighted by Crippen LogP contribution is -2.34. The van der Waals surface area contributed by atoms with Gasteiger partial charge in [0.25, 0.3) is 11.5 Å². The topological polar surface area (TPSA) is 74.8 Å². The molecular weight excluding hydrogens is 326 g/mol. The zero-order chi connectivity index (χ0) is 17.9. The Balaban J connectivity index is 1.57. The van der Waals surface area contributed by atoms with E-state index in [0.29, 0.717) is 5.82 Å². The van der Waals surface area contributed by atoms with Gasteiger partial charge >= 0.3 is 0 Å². The average Bonchev–Trinajstić information content (AvgIpc) is 2.69. The SMILES string of the molecule is O=C(N[C@@H]1CCCc2ccccc21)c1cnc(-c2ccccc2)[nH]c1=O. The van der Waals surface area contributed by atoms with E-state index in [9.17, 15) is 9.59 Å². The molecule has 26 heavy (non-hydrogen) atoms. The highest BCUT2D eigenvalue weighted by atomic mass is 16.2. The maximum atomic E-state index is 12.6. The fourth-order valence-electron chi connectivity index (χ4n) is 3.44. The van der Waals surface area contributed by atoms with Crippen LogP contribution in [0.15, 0.2) is 65.6 Å². The molecule has 4 rings (SSSR count). The third kappa shape index (κ3) is 3.16. The molecule has 1 aromatic heterocycles. The number of fused-ring (bicyclic) bond motifs is 1. The number of benzene rings is 2. The molecule has 5 nitrogen and oxygen atoms in total. The highest BCUT2D eigenvalue weighted by Crippen LogP contribution is 2.29. The van der Waals surface area contributed by atoms with Gasteiger partial charge in [0.05, 0.1) is 6.04 Å². The molecule has 1 heterocycles. The minimum Gasteiger partial charge on any atom is -0.345 e. The van der Waals surface area contributed by atoms with Gasteiger partial charge in [-0.05, 0) is 30.4 Å². The molecule has 0 unspecified atom stereocenters. The molecule has 0 fully saturated rings. The van der Waals surface area contributed by atoms with E-state index in [1.807, 2.05) is 48.5 Å². The summed E-state index contributed by atoms with van der Waals surface area (Å²) >= 11 is 0. The quantitative estimate of drug-likeness (QED) is 0.765. The number of nitrogens with one attached hydrogen (secondary N) is 2. The van der Waals surface area contributed by atoms with Crippen molar-refractivity contribution >= 4 is 5.91 Å². The van der Waals surface area contributed by atoms with E-state index < -0.39 is 5.56 Å². The third-order valence-corrected chi connectivity index (χ3v) is 4.77. The Hall–Kier alpha value is -3.21. The summed E-state index contributed by atoms with van der Waals surface area (Å²) < 4.78 is 0. The van der Waals surface area contributed by atoms with Crippen molar-refractivity contribution in [1.29, 1.82) is 0 Å². The van der Waals surface area contributed by atoms with Crippen LogP contribution in [0.1, 0.15) is 40.4 Å². The number of carbonyl (C=O) groups is 1. The first-order chi connectivity index (χ1) is 12.7. The highest BCUT2D eigenvalue weighted by molar-refractivity contribution is 5.94. The standard InChI is InChI=1S/C21H19N3O2/c25-20(23-18-12-6-10-14-7-4-5-11-16(14)18)17-13-22-19(24-21(17)26)15-8-2-1-3-9-15/h1-5,7-9,11,13,18H,6,10,12H2,(H,23,25)(H,22,24,26)/t18-/m1/s1. The normalized spacial score (nSPS) is 15.9. The Morgan fingerprint density at radius 2 is 1.85 bits per heavy atom. The number of rotatable bonds is 3. The van der Waals surface area contributed by atoms with Crippen LogP contribution in [0.3, 0.4) is 0 Å². The maximum absolute atomic E-state index is 12.6. The molecule has 0 saturated heterocycles. The van der Waals surface area contributed by atoms with Gasteiger partial charge in [-0.2, -0.15) is 0 Å². The summed E-state index contributed by atoms with van der Waals surface area (Å²) in [6.45, 7) is 0. The average molecular weight is 345 g/mol. The van der Waals surface area contributed by atoms with Gasteiger partial charge in [0, 0.05) is 11.8 Å². The van der Waals surface area contributed by atoms with Crippen molar-refractivity contribution in [2.24, 2.45) is 0 Å². The van der Waals surface area contributed by atoms with Crippen LogP contribution in [0.2, 0.25) is 0 Å².